The fourth-order valence-electron chi connectivity index (χ4n) is 4.83. The molecule has 1 amide bonds. The van der Waals surface area contributed by atoms with E-state index in [1.54, 1.807) is 18.0 Å². The van der Waals surface area contributed by atoms with E-state index < -0.39 is 12.1 Å². The number of nitrogens with zero attached hydrogens (tertiary/aromatic N) is 2. The van der Waals surface area contributed by atoms with Crippen LogP contribution in [-0.4, -0.2) is 53.1 Å². The molecular weight excluding hydrogens is 463 g/mol. The van der Waals surface area contributed by atoms with Crippen LogP contribution in [0.25, 0.3) is 10.9 Å². The molecule has 3 aromatic rings. The minimum Gasteiger partial charge on any atom is -0.390 e. The Kier molecular flexibility index (Phi) is 7.05. The van der Waals surface area contributed by atoms with E-state index in [1.165, 1.54) is 17.7 Å². The van der Waals surface area contributed by atoms with Crippen molar-refractivity contribution in [3.8, 4) is 0 Å². The number of carbonyl (C=O) groups excluding carboxylic acids is 1. The number of nitrogens with one attached hydrogen (secondary N) is 2. The second-order valence-electron chi connectivity index (χ2n) is 9.59. The lowest BCUT2D eigenvalue weighted by atomic mass is 9.99. The summed E-state index contributed by atoms with van der Waals surface area (Å²) in [4.78, 5) is 13.5. The van der Waals surface area contributed by atoms with E-state index in [1.807, 2.05) is 25.2 Å². The van der Waals surface area contributed by atoms with Gasteiger partial charge in [-0.25, -0.2) is 4.39 Å². The highest BCUT2D eigenvalue weighted by molar-refractivity contribution is 8.00. The Balaban J connectivity index is 1.44. The molecule has 1 fully saturated rings. The molecule has 1 aromatic heterocycles. The molecule has 0 bridgehead atoms. The molecule has 1 aliphatic heterocycles. The molecule has 2 atom stereocenters. The van der Waals surface area contributed by atoms with Crippen molar-refractivity contribution in [1.29, 1.82) is 0 Å². The summed E-state index contributed by atoms with van der Waals surface area (Å²) in [7, 11) is 2.04. The highest BCUT2D eigenvalue weighted by Crippen LogP contribution is 2.37. The van der Waals surface area contributed by atoms with Gasteiger partial charge in [0.05, 0.1) is 23.3 Å². The number of halogens is 1. The topological polar surface area (TPSA) is 69.5 Å². The molecule has 8 heteroatoms. The highest BCUT2D eigenvalue weighted by atomic mass is 32.2. The number of hydrogen-bond donors (Lipinski definition) is 3. The van der Waals surface area contributed by atoms with Crippen LogP contribution in [0.5, 0.6) is 0 Å². The molecular formula is C27H33FN4O2S. The minimum atomic E-state index is -0.793. The monoisotopic (exact) mass is 496 g/mol. The summed E-state index contributed by atoms with van der Waals surface area (Å²) in [6.07, 6.45) is 4.87. The van der Waals surface area contributed by atoms with Gasteiger partial charge in [-0.15, -0.1) is 0 Å². The summed E-state index contributed by atoms with van der Waals surface area (Å²) < 4.78 is 18.3. The zero-order valence-corrected chi connectivity index (χ0v) is 21.1. The van der Waals surface area contributed by atoms with E-state index in [9.17, 15) is 14.3 Å². The number of anilines is 1. The van der Waals surface area contributed by atoms with Gasteiger partial charge in [-0.2, -0.15) is 0 Å². The number of aliphatic hydroxyl groups is 1. The van der Waals surface area contributed by atoms with Crippen LogP contribution in [-0.2, 0) is 19.4 Å². The standard InChI is InChI=1S/C27H33FN4O2S/c1-3-18-16-32-9-10-35-31(2)24-14-19(13-22(18)26(24)32)27(34)30-23(25(33)15-29-21-7-8-21)12-17-5-4-6-20(28)11-17/h4-6,11,13-14,16,21,23,25,29,33H,3,7-10,12,15H2,1-2H3,(H,30,34)/t23-,25+/m0/s1. The summed E-state index contributed by atoms with van der Waals surface area (Å²) in [5.74, 6) is 0.415. The Morgan fingerprint density at radius 2 is 2.11 bits per heavy atom. The third-order valence-corrected chi connectivity index (χ3v) is 7.90. The van der Waals surface area contributed by atoms with E-state index in [-0.39, 0.29) is 11.7 Å². The van der Waals surface area contributed by atoms with Gasteiger partial charge in [0.1, 0.15) is 5.82 Å². The van der Waals surface area contributed by atoms with Gasteiger partial charge in [0.25, 0.3) is 5.91 Å². The smallest absolute Gasteiger partial charge is 0.251 e. The van der Waals surface area contributed by atoms with Crippen molar-refractivity contribution in [2.24, 2.45) is 0 Å². The summed E-state index contributed by atoms with van der Waals surface area (Å²) in [6, 6.07) is 10.2. The molecule has 6 nitrogen and oxygen atoms in total. The van der Waals surface area contributed by atoms with Crippen molar-refractivity contribution < 1.29 is 14.3 Å². The lowest BCUT2D eigenvalue weighted by Gasteiger charge is -2.25. The summed E-state index contributed by atoms with van der Waals surface area (Å²) in [5, 5.41) is 18.5. The Labute approximate surface area is 210 Å². The third kappa shape index (κ3) is 5.34. The van der Waals surface area contributed by atoms with Crippen molar-refractivity contribution in [3.05, 3.63) is 65.1 Å². The largest absolute Gasteiger partial charge is 0.390 e. The molecule has 35 heavy (non-hydrogen) atoms. The van der Waals surface area contributed by atoms with Crippen LogP contribution in [0.4, 0.5) is 10.1 Å². The van der Waals surface area contributed by atoms with Crippen molar-refractivity contribution >= 4 is 34.4 Å². The fraction of sp³-hybridized carbons (Fsp3) is 0.444. The van der Waals surface area contributed by atoms with Gasteiger partial charge in [0.2, 0.25) is 0 Å². The molecule has 2 heterocycles. The molecule has 1 saturated carbocycles. The highest BCUT2D eigenvalue weighted by Gasteiger charge is 2.27. The van der Waals surface area contributed by atoms with Crippen molar-refractivity contribution in [2.75, 3.05) is 23.7 Å². The molecule has 186 valence electrons. The van der Waals surface area contributed by atoms with E-state index in [0.717, 1.165) is 53.7 Å². The van der Waals surface area contributed by atoms with Crippen LogP contribution < -0.4 is 14.9 Å². The first-order chi connectivity index (χ1) is 16.9. The lowest BCUT2D eigenvalue weighted by Crippen LogP contribution is -2.49. The van der Waals surface area contributed by atoms with Crippen LogP contribution >= 0.6 is 11.9 Å². The predicted molar refractivity (Wildman–Crippen MR) is 141 cm³/mol. The van der Waals surface area contributed by atoms with Crippen molar-refractivity contribution in [3.63, 3.8) is 0 Å². The number of aliphatic hydroxyl groups excluding tert-OH is 1. The Hall–Kier alpha value is -2.55. The Morgan fingerprint density at radius 1 is 1.29 bits per heavy atom. The SMILES string of the molecule is CCc1cn2c3c(cc(C(=O)N[C@@H](Cc4cccc(F)c4)[C@H](O)CNC4CC4)cc13)N(C)SCC2. The van der Waals surface area contributed by atoms with E-state index in [2.05, 4.69) is 32.6 Å². The normalized spacial score (nSPS) is 17.3. The fourth-order valence-corrected chi connectivity index (χ4v) is 5.66. The first-order valence-corrected chi connectivity index (χ1v) is 13.4. The number of amides is 1. The maximum absolute atomic E-state index is 13.8. The van der Waals surface area contributed by atoms with Crippen LogP contribution in [0.2, 0.25) is 0 Å². The quantitative estimate of drug-likeness (QED) is 0.392. The lowest BCUT2D eigenvalue weighted by molar-refractivity contribution is 0.0830. The predicted octanol–water partition coefficient (Wildman–Crippen LogP) is 3.89. The van der Waals surface area contributed by atoms with Crippen LogP contribution in [0.1, 0.15) is 41.3 Å². The summed E-state index contributed by atoms with van der Waals surface area (Å²) in [5.41, 5.74) is 4.72. The Morgan fingerprint density at radius 3 is 2.86 bits per heavy atom. The average molecular weight is 497 g/mol. The zero-order chi connectivity index (χ0) is 24.5. The Bertz CT molecular complexity index is 1230. The third-order valence-electron chi connectivity index (χ3n) is 6.95. The molecule has 1 aliphatic carbocycles. The average Bonchev–Trinajstić information content (AvgIpc) is 3.63. The number of aryl methyl sites for hydroxylation is 2. The van der Waals surface area contributed by atoms with Crippen molar-refractivity contribution in [2.45, 2.75) is 57.3 Å². The van der Waals surface area contributed by atoms with Gasteiger partial charge >= 0.3 is 0 Å². The van der Waals surface area contributed by atoms with Crippen LogP contribution in [0.3, 0.4) is 0 Å². The van der Waals surface area contributed by atoms with E-state index >= 15 is 0 Å². The molecule has 0 spiro atoms. The molecule has 2 aliphatic rings. The molecule has 0 saturated heterocycles. The second kappa shape index (κ2) is 10.2. The van der Waals surface area contributed by atoms with Gasteiger partial charge in [-0.1, -0.05) is 19.1 Å². The number of benzene rings is 2. The van der Waals surface area contributed by atoms with Crippen LogP contribution in [0, 0.1) is 5.82 Å². The van der Waals surface area contributed by atoms with Gasteiger partial charge in [-0.3, -0.25) is 4.79 Å². The van der Waals surface area contributed by atoms with E-state index in [0.29, 0.717) is 24.6 Å². The second-order valence-corrected chi connectivity index (χ2v) is 10.8. The van der Waals surface area contributed by atoms with E-state index in [4.69, 9.17) is 0 Å². The van der Waals surface area contributed by atoms with Gasteiger partial charge < -0.3 is 24.6 Å². The first-order valence-electron chi connectivity index (χ1n) is 12.4. The maximum Gasteiger partial charge on any atom is 0.251 e. The van der Waals surface area contributed by atoms with Gasteiger partial charge in [0, 0.05) is 49.1 Å². The number of hydrogen-bond acceptors (Lipinski definition) is 5. The molecule has 0 radical (unpaired) electrons. The number of rotatable bonds is 9. The van der Waals surface area contributed by atoms with Crippen LogP contribution in [0.15, 0.2) is 42.6 Å². The zero-order valence-electron chi connectivity index (χ0n) is 20.3. The first kappa shape index (κ1) is 24.2. The summed E-state index contributed by atoms with van der Waals surface area (Å²) in [6.45, 7) is 3.45. The molecule has 0 unspecified atom stereocenters. The molecule has 5 rings (SSSR count). The van der Waals surface area contributed by atoms with Gasteiger partial charge in [0.15, 0.2) is 0 Å². The minimum absolute atomic E-state index is 0.229. The molecule has 3 N–H and O–H groups in total. The maximum atomic E-state index is 13.8. The number of aromatic nitrogens is 1. The number of carbonyl (C=O) groups is 1. The summed E-state index contributed by atoms with van der Waals surface area (Å²) >= 11 is 1.74. The van der Waals surface area contributed by atoms with Gasteiger partial charge in [-0.05, 0) is 73.0 Å². The van der Waals surface area contributed by atoms with Crippen molar-refractivity contribution in [1.82, 2.24) is 15.2 Å². The molecule has 2 aromatic carbocycles.